The van der Waals surface area contributed by atoms with Crippen LogP contribution in [0.3, 0.4) is 0 Å². The van der Waals surface area contributed by atoms with Gasteiger partial charge < -0.3 is 4.74 Å². The molecule has 0 bridgehead atoms. The Morgan fingerprint density at radius 2 is 1.75 bits per heavy atom. The first-order chi connectivity index (χ1) is 13.5. The SMILES string of the molecule is Cc1c(Cl)c(CN2CCC(CN3CC(C)OC(C)C3)CC2)nc2ccccc12. The van der Waals surface area contributed by atoms with Crippen LogP contribution in [-0.2, 0) is 11.3 Å². The molecule has 152 valence electrons. The minimum atomic E-state index is 0.355. The average Bonchev–Trinajstić information content (AvgIpc) is 2.67. The van der Waals surface area contributed by atoms with Crippen molar-refractivity contribution in [2.24, 2.45) is 5.92 Å². The van der Waals surface area contributed by atoms with Gasteiger partial charge in [0, 0.05) is 31.6 Å². The first-order valence-corrected chi connectivity index (χ1v) is 11.0. The number of aryl methyl sites for hydroxylation is 1. The molecule has 3 heterocycles. The predicted molar refractivity (Wildman–Crippen MR) is 116 cm³/mol. The van der Waals surface area contributed by atoms with Gasteiger partial charge in [-0.05, 0) is 64.3 Å². The van der Waals surface area contributed by atoms with Gasteiger partial charge in [-0.25, -0.2) is 4.98 Å². The summed E-state index contributed by atoms with van der Waals surface area (Å²) in [6.45, 7) is 12.9. The smallest absolute Gasteiger partial charge is 0.0740 e. The van der Waals surface area contributed by atoms with Gasteiger partial charge in [0.2, 0.25) is 0 Å². The van der Waals surface area contributed by atoms with Crippen LogP contribution >= 0.6 is 11.6 Å². The lowest BCUT2D eigenvalue weighted by molar-refractivity contribution is -0.0732. The summed E-state index contributed by atoms with van der Waals surface area (Å²) in [5, 5.41) is 1.99. The molecule has 1 aromatic heterocycles. The van der Waals surface area contributed by atoms with Crippen LogP contribution in [0.5, 0.6) is 0 Å². The van der Waals surface area contributed by atoms with E-state index in [0.29, 0.717) is 12.2 Å². The zero-order valence-corrected chi connectivity index (χ0v) is 18.1. The van der Waals surface area contributed by atoms with E-state index in [1.807, 2.05) is 12.1 Å². The fourth-order valence-corrected chi connectivity index (χ4v) is 5.06. The predicted octanol–water partition coefficient (Wildman–Crippen LogP) is 4.52. The number of halogens is 1. The number of benzene rings is 1. The number of para-hydroxylation sites is 1. The van der Waals surface area contributed by atoms with Crippen molar-refractivity contribution >= 4 is 22.5 Å². The van der Waals surface area contributed by atoms with Crippen molar-refractivity contribution in [1.29, 1.82) is 0 Å². The molecular weight excluding hydrogens is 370 g/mol. The molecule has 0 radical (unpaired) electrons. The molecule has 2 aliphatic rings. The molecule has 4 nitrogen and oxygen atoms in total. The molecule has 2 saturated heterocycles. The number of likely N-dealkylation sites (tertiary alicyclic amines) is 1. The van der Waals surface area contributed by atoms with Gasteiger partial charge >= 0.3 is 0 Å². The van der Waals surface area contributed by atoms with Gasteiger partial charge in [0.15, 0.2) is 0 Å². The molecule has 5 heteroatoms. The molecule has 0 saturated carbocycles. The minimum Gasteiger partial charge on any atom is -0.373 e. The maximum absolute atomic E-state index is 6.67. The molecule has 1 aromatic carbocycles. The molecule has 0 amide bonds. The zero-order valence-electron chi connectivity index (χ0n) is 17.3. The number of rotatable bonds is 4. The summed E-state index contributed by atoms with van der Waals surface area (Å²) >= 11 is 6.67. The van der Waals surface area contributed by atoms with Crippen molar-refractivity contribution in [3.8, 4) is 0 Å². The van der Waals surface area contributed by atoms with Crippen LogP contribution in [0.4, 0.5) is 0 Å². The molecule has 2 aromatic rings. The van der Waals surface area contributed by atoms with Crippen molar-refractivity contribution in [2.75, 3.05) is 32.7 Å². The van der Waals surface area contributed by atoms with Crippen LogP contribution in [0.2, 0.25) is 5.02 Å². The van der Waals surface area contributed by atoms with Crippen molar-refractivity contribution < 1.29 is 4.74 Å². The monoisotopic (exact) mass is 401 g/mol. The van der Waals surface area contributed by atoms with Crippen molar-refractivity contribution in [1.82, 2.24) is 14.8 Å². The molecule has 2 aliphatic heterocycles. The Labute approximate surface area is 173 Å². The number of fused-ring (bicyclic) bond motifs is 1. The Morgan fingerprint density at radius 3 is 2.46 bits per heavy atom. The fraction of sp³-hybridized carbons (Fsp3) is 0.609. The molecule has 28 heavy (non-hydrogen) atoms. The van der Waals surface area contributed by atoms with Crippen molar-refractivity contribution in [3.63, 3.8) is 0 Å². The van der Waals surface area contributed by atoms with Crippen LogP contribution in [-0.4, -0.2) is 59.7 Å². The maximum atomic E-state index is 6.67. The fourth-order valence-electron chi connectivity index (χ4n) is 4.86. The number of hydrogen-bond donors (Lipinski definition) is 0. The number of piperidine rings is 1. The second-order valence-corrected chi connectivity index (χ2v) is 9.09. The minimum absolute atomic E-state index is 0.355. The van der Waals surface area contributed by atoms with E-state index in [1.165, 1.54) is 19.4 Å². The molecule has 2 unspecified atom stereocenters. The Balaban J connectivity index is 1.35. The van der Waals surface area contributed by atoms with Gasteiger partial charge in [0.05, 0.1) is 28.4 Å². The van der Waals surface area contributed by atoms with Crippen molar-refractivity contribution in [3.05, 3.63) is 40.5 Å². The van der Waals surface area contributed by atoms with E-state index in [9.17, 15) is 0 Å². The number of morpholine rings is 1. The van der Waals surface area contributed by atoms with Gasteiger partial charge in [-0.15, -0.1) is 0 Å². The van der Waals surface area contributed by atoms with E-state index in [4.69, 9.17) is 21.3 Å². The van der Waals surface area contributed by atoms with Crippen LogP contribution in [0, 0.1) is 12.8 Å². The summed E-state index contributed by atoms with van der Waals surface area (Å²) in [5.41, 5.74) is 3.21. The number of aromatic nitrogens is 1. The Kier molecular flexibility index (Phi) is 6.21. The van der Waals surface area contributed by atoms with Gasteiger partial charge in [-0.2, -0.15) is 0 Å². The summed E-state index contributed by atoms with van der Waals surface area (Å²) in [5.74, 6) is 0.788. The van der Waals surface area contributed by atoms with E-state index >= 15 is 0 Å². The Morgan fingerprint density at radius 1 is 1.07 bits per heavy atom. The third-order valence-electron chi connectivity index (χ3n) is 6.24. The summed E-state index contributed by atoms with van der Waals surface area (Å²) in [7, 11) is 0. The quantitative estimate of drug-likeness (QED) is 0.753. The summed E-state index contributed by atoms with van der Waals surface area (Å²) in [4.78, 5) is 9.98. The number of ether oxygens (including phenoxy) is 1. The zero-order chi connectivity index (χ0) is 19.7. The number of hydrogen-bond acceptors (Lipinski definition) is 4. The normalized spacial score (nSPS) is 25.4. The van der Waals surface area contributed by atoms with Crippen LogP contribution in [0.1, 0.15) is 37.9 Å². The molecule has 0 spiro atoms. The first-order valence-electron chi connectivity index (χ1n) is 10.6. The lowest BCUT2D eigenvalue weighted by Gasteiger charge is -2.39. The van der Waals surface area contributed by atoms with Crippen LogP contribution < -0.4 is 0 Å². The molecular formula is C23H32ClN3O. The standard InChI is InChI=1S/C23H32ClN3O/c1-16-12-27(13-17(2)28-16)14-19-8-10-26(11-9-19)15-22-23(24)18(3)20-6-4-5-7-21(20)25-22/h4-7,16-17,19H,8-15H2,1-3H3. The van der Waals surface area contributed by atoms with E-state index in [2.05, 4.69) is 42.7 Å². The highest BCUT2D eigenvalue weighted by molar-refractivity contribution is 6.32. The van der Waals surface area contributed by atoms with E-state index in [-0.39, 0.29) is 0 Å². The topological polar surface area (TPSA) is 28.6 Å². The largest absolute Gasteiger partial charge is 0.373 e. The van der Waals surface area contributed by atoms with Gasteiger partial charge in [0.25, 0.3) is 0 Å². The Hall–Kier alpha value is -1.20. The van der Waals surface area contributed by atoms with E-state index in [0.717, 1.165) is 65.8 Å². The lowest BCUT2D eigenvalue weighted by atomic mass is 9.95. The average molecular weight is 402 g/mol. The third kappa shape index (κ3) is 4.51. The Bertz CT molecular complexity index is 809. The maximum Gasteiger partial charge on any atom is 0.0740 e. The third-order valence-corrected chi connectivity index (χ3v) is 6.74. The molecule has 2 atom stereocenters. The highest BCUT2D eigenvalue weighted by Gasteiger charge is 2.27. The highest BCUT2D eigenvalue weighted by Crippen LogP contribution is 2.29. The lowest BCUT2D eigenvalue weighted by Crippen LogP contribution is -2.48. The van der Waals surface area contributed by atoms with Crippen molar-refractivity contribution in [2.45, 2.75) is 52.4 Å². The molecule has 4 rings (SSSR count). The van der Waals surface area contributed by atoms with Gasteiger partial charge in [-0.3, -0.25) is 9.80 Å². The summed E-state index contributed by atoms with van der Waals surface area (Å²) < 4.78 is 5.87. The molecule has 2 fully saturated rings. The first kappa shape index (κ1) is 20.1. The molecule has 0 aliphatic carbocycles. The second kappa shape index (κ2) is 8.66. The molecule has 0 N–H and O–H groups in total. The van der Waals surface area contributed by atoms with E-state index < -0.39 is 0 Å². The van der Waals surface area contributed by atoms with E-state index in [1.54, 1.807) is 0 Å². The summed E-state index contributed by atoms with van der Waals surface area (Å²) in [6.07, 6.45) is 3.22. The number of nitrogens with zero attached hydrogens (tertiary/aromatic N) is 3. The van der Waals surface area contributed by atoms with Gasteiger partial charge in [0.1, 0.15) is 0 Å². The summed E-state index contributed by atoms with van der Waals surface area (Å²) in [6, 6.07) is 8.28. The van der Waals surface area contributed by atoms with Crippen LogP contribution in [0.25, 0.3) is 10.9 Å². The second-order valence-electron chi connectivity index (χ2n) is 8.71. The highest BCUT2D eigenvalue weighted by atomic mass is 35.5. The number of pyridine rings is 1. The van der Waals surface area contributed by atoms with Crippen LogP contribution in [0.15, 0.2) is 24.3 Å². The van der Waals surface area contributed by atoms with Gasteiger partial charge in [-0.1, -0.05) is 29.8 Å².